The van der Waals surface area contributed by atoms with Crippen LogP contribution in [0.2, 0.25) is 0 Å². The van der Waals surface area contributed by atoms with E-state index in [4.69, 9.17) is 26.5 Å². The zero-order valence-corrected chi connectivity index (χ0v) is 39.9. The van der Waals surface area contributed by atoms with Crippen molar-refractivity contribution >= 4 is 36.7 Å². The summed E-state index contributed by atoms with van der Waals surface area (Å²) < 4.78 is 12.7. The zero-order chi connectivity index (χ0) is 47.5. The van der Waals surface area contributed by atoms with Crippen molar-refractivity contribution in [3.05, 3.63) is 59.7 Å². The van der Waals surface area contributed by atoms with Crippen LogP contribution in [-0.2, 0) is 34.9 Å². The van der Waals surface area contributed by atoms with E-state index in [1.54, 1.807) is 12.1 Å². The Morgan fingerprint density at radius 2 is 1.26 bits per heavy atom. The third-order valence-electron chi connectivity index (χ3n) is 14.1. The first-order chi connectivity index (χ1) is 30.9. The average Bonchev–Trinajstić information content (AvgIpc) is 3.65. The number of carbonyl (C=O) groups is 5. The van der Waals surface area contributed by atoms with Gasteiger partial charge in [-0.3, -0.25) is 24.0 Å². The molecule has 2 aromatic carbocycles. The van der Waals surface area contributed by atoms with Crippen molar-refractivity contribution in [2.75, 3.05) is 13.1 Å². The van der Waals surface area contributed by atoms with Gasteiger partial charge in [0.15, 0.2) is 0 Å². The number of amides is 5. The summed E-state index contributed by atoms with van der Waals surface area (Å²) in [6.07, 6.45) is 8.35. The highest BCUT2D eigenvalue weighted by Crippen LogP contribution is 2.65. The monoisotopic (exact) mass is 901 g/mol. The molecule has 0 spiro atoms. The standard InChI is InChI=1S/C49H77BN8O7/c1-8-9-14-32-17-19-33(20-18-32)34-21-23-35(24-22-34)43(60)55-38(16-11-13-26-52)45(62)56-37(15-10-12-25-51)44(61)54-31(4)42(59)57-39(27-30(2)3)46(63)58-47(53)50-64-41-29-36-28-40(48(36,5)6)49(41,7)65-50/h17-24,30-31,36-41,47H,8-16,25-29,51-53H2,1-7H3,(H,54,61)(H,55,60)(H,56,62)(H,57,59)(H,58,63)/t31-,36-,37-,38-,39-,40-,41?,47+,49-/m0/s1. The third-order valence-corrected chi connectivity index (χ3v) is 14.1. The van der Waals surface area contributed by atoms with Gasteiger partial charge < -0.3 is 53.1 Å². The normalized spacial score (nSPS) is 22.9. The van der Waals surface area contributed by atoms with Crippen LogP contribution in [0.3, 0.4) is 0 Å². The van der Waals surface area contributed by atoms with Gasteiger partial charge in [0.1, 0.15) is 30.2 Å². The Morgan fingerprint density at radius 3 is 1.83 bits per heavy atom. The van der Waals surface area contributed by atoms with E-state index in [-0.39, 0.29) is 23.9 Å². The number of aryl methyl sites for hydroxylation is 1. The molecule has 0 aromatic heterocycles. The highest BCUT2D eigenvalue weighted by atomic mass is 16.7. The van der Waals surface area contributed by atoms with Crippen molar-refractivity contribution in [1.82, 2.24) is 26.6 Å². The van der Waals surface area contributed by atoms with Crippen LogP contribution in [0.4, 0.5) is 0 Å². The highest BCUT2D eigenvalue weighted by molar-refractivity contribution is 6.47. The van der Waals surface area contributed by atoms with E-state index in [1.807, 2.05) is 26.0 Å². The van der Waals surface area contributed by atoms with Crippen molar-refractivity contribution < 1.29 is 33.3 Å². The lowest BCUT2D eigenvalue weighted by molar-refractivity contribution is -0.199. The Bertz CT molecular complexity index is 1920. The van der Waals surface area contributed by atoms with Crippen LogP contribution in [0.15, 0.2) is 48.5 Å². The van der Waals surface area contributed by atoms with E-state index in [2.05, 4.69) is 78.5 Å². The van der Waals surface area contributed by atoms with E-state index >= 15 is 0 Å². The molecular weight excluding hydrogens is 823 g/mol. The molecule has 1 heterocycles. The van der Waals surface area contributed by atoms with Crippen molar-refractivity contribution in [1.29, 1.82) is 0 Å². The number of nitrogens with one attached hydrogen (secondary N) is 5. The van der Waals surface area contributed by atoms with Gasteiger partial charge in [0.2, 0.25) is 23.6 Å². The third kappa shape index (κ3) is 13.2. The van der Waals surface area contributed by atoms with Crippen LogP contribution in [0.5, 0.6) is 0 Å². The molecule has 1 unspecified atom stereocenters. The molecule has 4 fully saturated rings. The second-order valence-electron chi connectivity index (χ2n) is 19.8. The fourth-order valence-electron chi connectivity index (χ4n) is 9.86. The second kappa shape index (κ2) is 23.4. The van der Waals surface area contributed by atoms with Gasteiger partial charge in [0.25, 0.3) is 5.91 Å². The van der Waals surface area contributed by atoms with Gasteiger partial charge in [-0.2, -0.15) is 0 Å². The zero-order valence-electron chi connectivity index (χ0n) is 39.9. The quantitative estimate of drug-likeness (QED) is 0.0401. The molecule has 0 radical (unpaired) electrons. The first-order valence-electron chi connectivity index (χ1n) is 24.1. The van der Waals surface area contributed by atoms with E-state index in [0.717, 1.165) is 43.2 Å². The fourth-order valence-corrected chi connectivity index (χ4v) is 9.86. The molecule has 1 saturated heterocycles. The number of hydrogen-bond acceptors (Lipinski definition) is 10. The maximum Gasteiger partial charge on any atom is 0.497 e. The first kappa shape index (κ1) is 51.6. The van der Waals surface area contributed by atoms with Gasteiger partial charge in [-0.25, -0.2) is 0 Å². The minimum Gasteiger partial charge on any atom is -0.403 e. The lowest BCUT2D eigenvalue weighted by Gasteiger charge is -2.64. The van der Waals surface area contributed by atoms with Crippen molar-refractivity contribution in [2.45, 2.75) is 167 Å². The average molecular weight is 901 g/mol. The molecule has 65 heavy (non-hydrogen) atoms. The van der Waals surface area contributed by atoms with Crippen molar-refractivity contribution in [2.24, 2.45) is 40.4 Å². The maximum atomic E-state index is 13.9. The van der Waals surface area contributed by atoms with Gasteiger partial charge in [-0.15, -0.1) is 0 Å². The number of nitrogens with two attached hydrogens (primary N) is 3. The molecule has 6 rings (SSSR count). The minimum absolute atomic E-state index is 0.0276. The maximum absolute atomic E-state index is 13.9. The molecule has 11 N–H and O–H groups in total. The molecule has 3 aliphatic carbocycles. The number of rotatable bonds is 25. The SMILES string of the molecule is CCCCc1ccc(-c2ccc(C(=O)N[C@@H](CCCCN)C(=O)N[C@@H](CCCCN)C(=O)N[C@@H](C)C(=O)N[C@@H](CC(C)C)C(=O)N[C@@H](N)B3OC4C[C@@H]5C[C@@H](C5(C)C)[C@]4(C)O3)cc2)cc1. The summed E-state index contributed by atoms with van der Waals surface area (Å²) in [6, 6.07) is 10.7. The lowest BCUT2D eigenvalue weighted by Crippen LogP contribution is -2.65. The Balaban J connectivity index is 1.19. The number of carbonyl (C=O) groups excluding carboxylic acids is 5. The van der Waals surface area contributed by atoms with Crippen molar-refractivity contribution in [3.8, 4) is 11.1 Å². The van der Waals surface area contributed by atoms with Gasteiger partial charge in [-0.05, 0) is 150 Å². The van der Waals surface area contributed by atoms with E-state index in [9.17, 15) is 24.0 Å². The molecule has 16 heteroatoms. The molecular formula is C49H77BN8O7. The van der Waals surface area contributed by atoms with E-state index in [0.29, 0.717) is 69.0 Å². The van der Waals surface area contributed by atoms with Crippen LogP contribution in [0.25, 0.3) is 11.1 Å². The number of unbranched alkanes of at least 4 members (excludes halogenated alkanes) is 3. The van der Waals surface area contributed by atoms with E-state index in [1.165, 1.54) is 12.5 Å². The van der Waals surface area contributed by atoms with Crippen LogP contribution in [0, 0.1) is 23.2 Å². The van der Waals surface area contributed by atoms with Gasteiger partial charge in [0.05, 0.1) is 11.7 Å². The Morgan fingerprint density at radius 1 is 0.708 bits per heavy atom. The van der Waals surface area contributed by atoms with Gasteiger partial charge in [0, 0.05) is 5.56 Å². The van der Waals surface area contributed by atoms with E-state index < -0.39 is 72.5 Å². The predicted molar refractivity (Wildman–Crippen MR) is 255 cm³/mol. The smallest absolute Gasteiger partial charge is 0.403 e. The summed E-state index contributed by atoms with van der Waals surface area (Å²) in [6.45, 7) is 15.0. The Kier molecular flexibility index (Phi) is 18.6. The molecule has 2 aromatic rings. The van der Waals surface area contributed by atoms with Gasteiger partial charge in [-0.1, -0.05) is 77.4 Å². The second-order valence-corrected chi connectivity index (χ2v) is 19.8. The summed E-state index contributed by atoms with van der Waals surface area (Å²) in [4.78, 5) is 68.7. The Labute approximate surface area is 387 Å². The predicted octanol–water partition coefficient (Wildman–Crippen LogP) is 4.24. The topological polar surface area (TPSA) is 242 Å². The molecule has 5 amide bonds. The van der Waals surface area contributed by atoms with Gasteiger partial charge >= 0.3 is 7.12 Å². The Hall–Kier alpha value is -4.35. The molecule has 1 aliphatic heterocycles. The molecule has 15 nitrogen and oxygen atoms in total. The first-order valence-corrected chi connectivity index (χ1v) is 24.1. The number of hydrogen-bond donors (Lipinski definition) is 8. The van der Waals surface area contributed by atoms with Crippen LogP contribution in [-0.4, -0.2) is 91.7 Å². The largest absolute Gasteiger partial charge is 0.497 e. The molecule has 358 valence electrons. The van der Waals surface area contributed by atoms with Crippen LogP contribution < -0.4 is 43.8 Å². The summed E-state index contributed by atoms with van der Waals surface area (Å²) >= 11 is 0. The van der Waals surface area contributed by atoms with Crippen LogP contribution >= 0.6 is 0 Å². The van der Waals surface area contributed by atoms with Crippen LogP contribution in [0.1, 0.15) is 135 Å². The minimum atomic E-state index is -1.08. The molecule has 9 atom stereocenters. The molecule has 2 bridgehead atoms. The lowest BCUT2D eigenvalue weighted by atomic mass is 9.43. The summed E-state index contributed by atoms with van der Waals surface area (Å²) in [5, 5.41) is 14.1. The highest BCUT2D eigenvalue weighted by Gasteiger charge is 2.68. The van der Waals surface area contributed by atoms with Crippen molar-refractivity contribution in [3.63, 3.8) is 0 Å². The number of benzene rings is 2. The molecule has 3 saturated carbocycles. The fraction of sp³-hybridized carbons (Fsp3) is 0.653. The summed E-state index contributed by atoms with van der Waals surface area (Å²) in [7, 11) is -0.840. The molecule has 4 aliphatic rings. The summed E-state index contributed by atoms with van der Waals surface area (Å²) in [5.74, 6) is -1.72. The summed E-state index contributed by atoms with van der Waals surface area (Å²) in [5.41, 5.74) is 21.4.